The minimum atomic E-state index is 0. The van der Waals surface area contributed by atoms with Gasteiger partial charge in [-0.05, 0) is 0 Å². The Morgan fingerprint density at radius 1 is 1.00 bits per heavy atom. The zero-order valence-electron chi connectivity index (χ0n) is 7.17. The van der Waals surface area contributed by atoms with Crippen LogP contribution in [0.2, 0.25) is 0 Å². The SMILES string of the molecule is Oc1cc[c-]cc1.[CH3-].[CH3-].[Rf].[Rf]. The smallest absolute Gasteiger partial charge is 0.00821 e. The molecular weight excluding hydrogens is 646 g/mol. The maximum Gasteiger partial charge on any atom is 0.00821 e. The van der Waals surface area contributed by atoms with Gasteiger partial charge in [0.1, 0.15) is 0 Å². The van der Waals surface area contributed by atoms with Gasteiger partial charge < -0.3 is 20.0 Å². The minimum absolute atomic E-state index is 0. The second-order valence-corrected chi connectivity index (χ2v) is 1.26. The molecule has 0 aromatic heterocycles. The molecule has 0 radical (unpaired) electrons. The summed E-state index contributed by atoms with van der Waals surface area (Å²) in [5.41, 5.74) is 0. The van der Waals surface area contributed by atoms with Crippen molar-refractivity contribution in [3.8, 4) is 5.75 Å². The summed E-state index contributed by atoms with van der Waals surface area (Å²) in [5.74, 6) is 0.291. The van der Waals surface area contributed by atoms with E-state index in [0.717, 1.165) is 0 Å². The summed E-state index contributed by atoms with van der Waals surface area (Å²) in [7, 11) is 0. The Morgan fingerprint density at radius 2 is 1.36 bits per heavy atom. The molecule has 1 aromatic rings. The molecule has 0 atom stereocenters. The molecule has 0 aliphatic rings. The topological polar surface area (TPSA) is 20.2 Å². The number of benzene rings is 1. The Balaban J connectivity index is -0.0000000612. The Kier molecular flexibility index (Phi) is 22.4. The molecule has 56 valence electrons. The van der Waals surface area contributed by atoms with Crippen molar-refractivity contribution in [2.45, 2.75) is 0 Å². The van der Waals surface area contributed by atoms with Gasteiger partial charge in [-0.2, -0.15) is 18.2 Å². The van der Waals surface area contributed by atoms with Gasteiger partial charge in [0.15, 0.2) is 0 Å². The summed E-state index contributed by atoms with van der Waals surface area (Å²) < 4.78 is 0. The number of rotatable bonds is 0. The van der Waals surface area contributed by atoms with Gasteiger partial charge in [-0.1, -0.05) is 0 Å². The van der Waals surface area contributed by atoms with Crippen LogP contribution in [0, 0.1) is 20.9 Å². The van der Waals surface area contributed by atoms with Crippen LogP contribution in [0.5, 0.6) is 5.75 Å². The number of phenols is 1. The first kappa shape index (κ1) is 24.5. The molecule has 0 fully saturated rings. The van der Waals surface area contributed by atoms with Crippen LogP contribution in [0.25, 0.3) is 0 Å². The zero-order valence-corrected chi connectivity index (χ0v) is 20.0. The molecule has 1 N–H and O–H groups in total. The van der Waals surface area contributed by atoms with Crippen LogP contribution >= 0.6 is 0 Å². The van der Waals surface area contributed by atoms with Crippen LogP contribution in [0.4, 0.5) is 0 Å². The van der Waals surface area contributed by atoms with E-state index in [9.17, 15) is 0 Å². The summed E-state index contributed by atoms with van der Waals surface area (Å²) >= 11 is 0. The van der Waals surface area contributed by atoms with Crippen LogP contribution in [-0.4, -0.2) is 5.11 Å². The van der Waals surface area contributed by atoms with Gasteiger partial charge in [0.25, 0.3) is 0 Å². The van der Waals surface area contributed by atoms with E-state index < -0.39 is 0 Å². The predicted molar refractivity (Wildman–Crippen MR) is 39.8 cm³/mol. The number of aromatic hydroxyl groups is 1. The molecule has 0 amide bonds. The molecule has 1 nitrogen and oxygen atoms in total. The van der Waals surface area contributed by atoms with Crippen molar-refractivity contribution in [1.82, 2.24) is 0 Å². The predicted octanol–water partition coefficient (Wildman–Crippen LogP) is 2.09. The second kappa shape index (κ2) is 10.1. The first-order chi connectivity index (χ1) is 3.39. The Bertz CT molecular complexity index is 142. The molecule has 11 heavy (non-hydrogen) atoms. The largest absolute Gasteiger partial charge is 0.533 e. The molecule has 0 aliphatic carbocycles. The van der Waals surface area contributed by atoms with Crippen molar-refractivity contribution in [3.63, 3.8) is 0 Å². The van der Waals surface area contributed by atoms with Crippen molar-refractivity contribution in [2.75, 3.05) is 0 Å². The third kappa shape index (κ3) is 7.02. The zero-order chi connectivity index (χ0) is 5.11. The van der Waals surface area contributed by atoms with Crippen LogP contribution in [-0.2, 0) is 0 Å². The van der Waals surface area contributed by atoms with E-state index in [2.05, 4.69) is 6.07 Å². The third-order valence-electron chi connectivity index (χ3n) is 0.701. The molecule has 1 aromatic carbocycles. The fraction of sp³-hybridized carbons (Fsp3) is 0. The molecule has 0 unspecified atom stereocenters. The van der Waals surface area contributed by atoms with Gasteiger partial charge in [0.2, 0.25) is 0 Å². The van der Waals surface area contributed by atoms with Crippen molar-refractivity contribution in [1.29, 1.82) is 0 Å². The standard InChI is InChI=1S/C6H5O.2CH3.2Rf/c7-6-4-2-1-3-5-6;;;;/h2-5,7H;2*1H3;;/q3*-1;;. The van der Waals surface area contributed by atoms with E-state index in [1.807, 2.05) is 0 Å². The Morgan fingerprint density at radius 3 is 1.55 bits per heavy atom. The molecule has 0 saturated carbocycles. The fourth-order valence-corrected chi connectivity index (χ4v) is 0.378. The third-order valence-corrected chi connectivity index (χ3v) is 0.701. The number of hydrogen-bond acceptors (Lipinski definition) is 1. The maximum atomic E-state index is 8.61. The minimum Gasteiger partial charge on any atom is -0.533 e. The van der Waals surface area contributed by atoms with Crippen LogP contribution in [0.1, 0.15) is 0 Å². The van der Waals surface area contributed by atoms with Crippen molar-refractivity contribution in [3.05, 3.63) is 45.2 Å². The second-order valence-electron chi connectivity index (χ2n) is 1.26. The number of hydrogen-bond donors (Lipinski definition) is 1. The average Bonchev–Trinajstić information content (AvgIpc) is 1.69. The summed E-state index contributed by atoms with van der Waals surface area (Å²) in [6, 6.07) is 9.26. The molecule has 0 saturated heterocycles. The maximum absolute atomic E-state index is 8.61. The molecule has 0 spiro atoms. The van der Waals surface area contributed by atoms with E-state index >= 15 is 0 Å². The average molecular weight is 657 g/mol. The molecule has 1 rings (SSSR count). The molecule has 3 heteroatoms. The molecular formula is C8H11ORf2-3. The molecule has 0 bridgehead atoms. The van der Waals surface area contributed by atoms with Gasteiger partial charge in [-0.15, -0.1) is 12.1 Å². The molecule has 0 heterocycles. The van der Waals surface area contributed by atoms with Gasteiger partial charge in [-0.25, -0.2) is 0 Å². The summed E-state index contributed by atoms with van der Waals surface area (Å²) in [5, 5.41) is 8.61. The van der Waals surface area contributed by atoms with Gasteiger partial charge >= 0.3 is 0 Å². The molecule has 0 aliphatic heterocycles. The van der Waals surface area contributed by atoms with Crippen molar-refractivity contribution >= 4 is 0 Å². The monoisotopic (exact) mass is 657 g/mol. The van der Waals surface area contributed by atoms with E-state index in [0.29, 0.717) is 5.75 Å². The van der Waals surface area contributed by atoms with E-state index in [1.54, 1.807) is 24.3 Å². The van der Waals surface area contributed by atoms with Crippen LogP contribution in [0.15, 0.2) is 24.3 Å². The van der Waals surface area contributed by atoms with E-state index in [1.165, 1.54) is 0 Å². The summed E-state index contributed by atoms with van der Waals surface area (Å²) in [6.45, 7) is 0. The van der Waals surface area contributed by atoms with Gasteiger partial charge in [0, 0.05) is 5.75 Å². The first-order valence-electron chi connectivity index (χ1n) is 2.04. The quantitative estimate of drug-likeness (QED) is 0.425. The summed E-state index contributed by atoms with van der Waals surface area (Å²) in [6.07, 6.45) is 0. The Hall–Kier alpha value is -2.98. The van der Waals surface area contributed by atoms with E-state index in [4.69, 9.17) is 5.11 Å². The van der Waals surface area contributed by atoms with Crippen molar-refractivity contribution in [2.24, 2.45) is 0 Å². The van der Waals surface area contributed by atoms with Gasteiger partial charge in [-0.3, -0.25) is 0 Å². The first-order valence-corrected chi connectivity index (χ1v) is 2.04. The Labute approximate surface area is 57.0 Å². The van der Waals surface area contributed by atoms with Crippen LogP contribution < -0.4 is 0 Å². The normalized spacial score (nSPS) is 5.45. The van der Waals surface area contributed by atoms with Gasteiger partial charge in [0.05, 0.1) is 0 Å². The summed E-state index contributed by atoms with van der Waals surface area (Å²) in [4.78, 5) is 0. The fourth-order valence-electron chi connectivity index (χ4n) is 0.378. The number of phenolic OH excluding ortho intramolecular Hbond substituents is 1. The van der Waals surface area contributed by atoms with Crippen LogP contribution in [0.3, 0.4) is 0 Å². The van der Waals surface area contributed by atoms with E-state index in [-0.39, 0.29) is 14.9 Å². The van der Waals surface area contributed by atoms with Crippen molar-refractivity contribution < 1.29 is 5.11 Å².